The standard InChI is InChI=1S/C19H17ClN2O2S/c1-2-10-24-16-5-3-4-13(11-16)12-17-18(23)22-19(25-17)21-15-8-6-14(20)7-9-15/h3-9,11-12H,2,10H2,1H3,(H,21,22,23). The maximum absolute atomic E-state index is 12.2. The monoisotopic (exact) mass is 372 g/mol. The van der Waals surface area contributed by atoms with Crippen LogP contribution >= 0.6 is 23.4 Å². The second-order valence-electron chi connectivity index (χ2n) is 5.38. The lowest BCUT2D eigenvalue weighted by molar-refractivity contribution is -0.115. The summed E-state index contributed by atoms with van der Waals surface area (Å²) in [7, 11) is 0. The zero-order valence-corrected chi connectivity index (χ0v) is 15.2. The van der Waals surface area contributed by atoms with Crippen molar-refractivity contribution in [3.63, 3.8) is 0 Å². The predicted octanol–water partition coefficient (Wildman–Crippen LogP) is 5.02. The molecule has 1 heterocycles. The Bertz CT molecular complexity index is 832. The molecule has 1 fully saturated rings. The quantitative estimate of drug-likeness (QED) is 0.749. The first-order valence-electron chi connectivity index (χ1n) is 7.92. The smallest absolute Gasteiger partial charge is 0.264 e. The van der Waals surface area contributed by atoms with E-state index in [9.17, 15) is 4.79 Å². The fourth-order valence-electron chi connectivity index (χ4n) is 2.18. The van der Waals surface area contributed by atoms with Crippen molar-refractivity contribution in [1.29, 1.82) is 0 Å². The molecule has 25 heavy (non-hydrogen) atoms. The van der Waals surface area contributed by atoms with Gasteiger partial charge in [0.25, 0.3) is 5.91 Å². The first-order valence-corrected chi connectivity index (χ1v) is 9.11. The highest BCUT2D eigenvalue weighted by molar-refractivity contribution is 8.18. The summed E-state index contributed by atoms with van der Waals surface area (Å²) in [6, 6.07) is 14.8. The number of hydrogen-bond donors (Lipinski definition) is 1. The lowest BCUT2D eigenvalue weighted by Gasteiger charge is -2.04. The molecule has 128 valence electrons. The number of carbonyl (C=O) groups is 1. The molecule has 1 N–H and O–H groups in total. The van der Waals surface area contributed by atoms with Gasteiger partial charge in [0.05, 0.1) is 17.2 Å². The van der Waals surface area contributed by atoms with Crippen LogP contribution in [0.1, 0.15) is 18.9 Å². The van der Waals surface area contributed by atoms with Crippen molar-refractivity contribution in [3.8, 4) is 5.75 Å². The second-order valence-corrected chi connectivity index (χ2v) is 6.85. The molecule has 0 unspecified atom stereocenters. The number of rotatable bonds is 5. The fraction of sp³-hybridized carbons (Fsp3) is 0.158. The number of carbonyl (C=O) groups excluding carboxylic acids is 1. The van der Waals surface area contributed by atoms with Gasteiger partial charge in [0.1, 0.15) is 5.75 Å². The van der Waals surface area contributed by atoms with Crippen molar-refractivity contribution in [1.82, 2.24) is 5.32 Å². The normalized spacial score (nSPS) is 17.1. The summed E-state index contributed by atoms with van der Waals surface area (Å²) in [5, 5.41) is 3.98. The Morgan fingerprint density at radius 2 is 2.04 bits per heavy atom. The van der Waals surface area contributed by atoms with Crippen LogP contribution in [0.25, 0.3) is 6.08 Å². The van der Waals surface area contributed by atoms with E-state index < -0.39 is 0 Å². The highest BCUT2D eigenvalue weighted by Crippen LogP contribution is 2.29. The number of nitrogens with zero attached hydrogens (tertiary/aromatic N) is 1. The van der Waals surface area contributed by atoms with E-state index in [0.29, 0.717) is 21.7 Å². The summed E-state index contributed by atoms with van der Waals surface area (Å²) in [5.74, 6) is 0.646. The van der Waals surface area contributed by atoms with E-state index in [0.717, 1.165) is 23.4 Å². The maximum atomic E-state index is 12.2. The van der Waals surface area contributed by atoms with E-state index in [1.165, 1.54) is 11.8 Å². The van der Waals surface area contributed by atoms with Gasteiger partial charge >= 0.3 is 0 Å². The third kappa shape index (κ3) is 4.87. The van der Waals surface area contributed by atoms with Crippen LogP contribution in [-0.2, 0) is 4.79 Å². The average Bonchev–Trinajstić information content (AvgIpc) is 2.94. The van der Waals surface area contributed by atoms with Crippen LogP contribution < -0.4 is 10.1 Å². The molecule has 0 spiro atoms. The van der Waals surface area contributed by atoms with E-state index in [1.807, 2.05) is 30.3 Å². The highest BCUT2D eigenvalue weighted by atomic mass is 35.5. The molecular formula is C19H17ClN2O2S. The minimum Gasteiger partial charge on any atom is -0.494 e. The molecule has 3 rings (SSSR count). The molecule has 1 amide bonds. The lowest BCUT2D eigenvalue weighted by Crippen LogP contribution is -2.19. The van der Waals surface area contributed by atoms with Gasteiger partial charge in [-0.1, -0.05) is 30.7 Å². The Morgan fingerprint density at radius 3 is 2.80 bits per heavy atom. The van der Waals surface area contributed by atoms with Gasteiger partial charge in [0.2, 0.25) is 0 Å². The van der Waals surface area contributed by atoms with Gasteiger partial charge in [-0.2, -0.15) is 0 Å². The van der Waals surface area contributed by atoms with Crippen molar-refractivity contribution in [2.75, 3.05) is 6.61 Å². The van der Waals surface area contributed by atoms with Crippen LogP contribution in [0.4, 0.5) is 5.69 Å². The second kappa shape index (κ2) is 8.23. The zero-order valence-electron chi connectivity index (χ0n) is 13.7. The Hall–Kier alpha value is -2.24. The van der Waals surface area contributed by atoms with Crippen LogP contribution in [0, 0.1) is 0 Å². The Labute approximate surface area is 155 Å². The number of aliphatic imine (C=N–C) groups is 1. The van der Waals surface area contributed by atoms with Gasteiger partial charge in [-0.3, -0.25) is 4.79 Å². The molecule has 0 saturated carbocycles. The summed E-state index contributed by atoms with van der Waals surface area (Å²) in [6.07, 6.45) is 2.79. The third-order valence-corrected chi connectivity index (χ3v) is 4.50. The van der Waals surface area contributed by atoms with Crippen molar-refractivity contribution in [3.05, 3.63) is 64.0 Å². The molecule has 0 bridgehead atoms. The van der Waals surface area contributed by atoms with Crippen molar-refractivity contribution in [2.45, 2.75) is 13.3 Å². The lowest BCUT2D eigenvalue weighted by atomic mass is 10.2. The van der Waals surface area contributed by atoms with Crippen molar-refractivity contribution in [2.24, 2.45) is 4.99 Å². The van der Waals surface area contributed by atoms with Crippen LogP contribution in [0.3, 0.4) is 0 Å². The SMILES string of the molecule is CCCOc1cccc(C=C2SC(=Nc3ccc(Cl)cc3)NC2=O)c1. The van der Waals surface area contributed by atoms with E-state index in [4.69, 9.17) is 16.3 Å². The average molecular weight is 373 g/mol. The molecule has 1 saturated heterocycles. The Kier molecular flexibility index (Phi) is 5.79. The molecule has 1 aliphatic heterocycles. The minimum atomic E-state index is -0.155. The Balaban J connectivity index is 1.76. The number of halogens is 1. The summed E-state index contributed by atoms with van der Waals surface area (Å²) >= 11 is 7.18. The Morgan fingerprint density at radius 1 is 1.24 bits per heavy atom. The van der Waals surface area contributed by atoms with E-state index in [-0.39, 0.29) is 5.91 Å². The van der Waals surface area contributed by atoms with Gasteiger partial charge in [-0.05, 0) is 66.2 Å². The fourth-order valence-corrected chi connectivity index (χ4v) is 3.15. The predicted molar refractivity (Wildman–Crippen MR) is 104 cm³/mol. The van der Waals surface area contributed by atoms with Crippen LogP contribution in [0.2, 0.25) is 5.02 Å². The van der Waals surface area contributed by atoms with Gasteiger partial charge < -0.3 is 10.1 Å². The van der Waals surface area contributed by atoms with E-state index >= 15 is 0 Å². The van der Waals surface area contributed by atoms with Crippen molar-refractivity contribution < 1.29 is 9.53 Å². The molecule has 2 aromatic carbocycles. The molecule has 6 heteroatoms. The maximum Gasteiger partial charge on any atom is 0.264 e. The first-order chi connectivity index (χ1) is 12.1. The molecule has 4 nitrogen and oxygen atoms in total. The molecule has 2 aromatic rings. The number of hydrogen-bond acceptors (Lipinski definition) is 4. The summed E-state index contributed by atoms with van der Waals surface area (Å²) in [4.78, 5) is 17.2. The molecule has 1 aliphatic rings. The molecule has 0 aromatic heterocycles. The number of nitrogens with one attached hydrogen (secondary N) is 1. The topological polar surface area (TPSA) is 50.7 Å². The number of amidine groups is 1. The number of amides is 1. The molecule has 0 aliphatic carbocycles. The van der Waals surface area contributed by atoms with Crippen LogP contribution in [0.5, 0.6) is 5.75 Å². The van der Waals surface area contributed by atoms with E-state index in [2.05, 4.69) is 17.2 Å². The van der Waals surface area contributed by atoms with Crippen LogP contribution in [-0.4, -0.2) is 17.7 Å². The van der Waals surface area contributed by atoms with Crippen molar-refractivity contribution >= 4 is 46.2 Å². The molecule has 0 radical (unpaired) electrons. The van der Waals surface area contributed by atoms with Gasteiger partial charge in [0.15, 0.2) is 5.17 Å². The van der Waals surface area contributed by atoms with E-state index in [1.54, 1.807) is 24.3 Å². The molecular weight excluding hydrogens is 356 g/mol. The largest absolute Gasteiger partial charge is 0.494 e. The molecule has 0 atom stereocenters. The minimum absolute atomic E-state index is 0.155. The van der Waals surface area contributed by atoms with Gasteiger partial charge in [-0.25, -0.2) is 4.99 Å². The third-order valence-electron chi connectivity index (χ3n) is 3.34. The van der Waals surface area contributed by atoms with Gasteiger partial charge in [0, 0.05) is 5.02 Å². The zero-order chi connectivity index (χ0) is 17.6. The summed E-state index contributed by atoms with van der Waals surface area (Å²) < 4.78 is 5.63. The number of ether oxygens (including phenoxy) is 1. The first kappa shape index (κ1) is 17.6. The number of benzene rings is 2. The van der Waals surface area contributed by atoms with Crippen LogP contribution in [0.15, 0.2) is 58.4 Å². The number of thioether (sulfide) groups is 1. The van der Waals surface area contributed by atoms with Gasteiger partial charge in [-0.15, -0.1) is 0 Å². The summed E-state index contributed by atoms with van der Waals surface area (Å²) in [5.41, 5.74) is 1.66. The highest BCUT2D eigenvalue weighted by Gasteiger charge is 2.23. The summed E-state index contributed by atoms with van der Waals surface area (Å²) in [6.45, 7) is 2.74.